The van der Waals surface area contributed by atoms with Gasteiger partial charge in [-0.15, -0.1) is 0 Å². The zero-order valence-electron chi connectivity index (χ0n) is 16.6. The summed E-state index contributed by atoms with van der Waals surface area (Å²) in [7, 11) is 0. The van der Waals surface area contributed by atoms with E-state index in [1.54, 1.807) is 0 Å². The molecule has 0 amide bonds. The van der Waals surface area contributed by atoms with Crippen LogP contribution in [0.25, 0.3) is 0 Å². The van der Waals surface area contributed by atoms with Crippen LogP contribution in [-0.4, -0.2) is 11.4 Å². The number of allylic oxidation sites excluding steroid dienone is 5. The molecule has 2 fully saturated rings. The molecule has 0 saturated heterocycles. The van der Waals surface area contributed by atoms with Crippen LogP contribution in [0.5, 0.6) is 0 Å². The minimum absolute atomic E-state index is 0.0138. The number of rotatable bonds is 7. The van der Waals surface area contributed by atoms with E-state index in [0.29, 0.717) is 5.92 Å². The number of hydrogen-bond acceptors (Lipinski definition) is 2. The van der Waals surface area contributed by atoms with Gasteiger partial charge < -0.3 is 0 Å². The number of hydrogen-bond donors (Lipinski definition) is 0. The van der Waals surface area contributed by atoms with Crippen LogP contribution in [0.4, 0.5) is 0 Å². The van der Waals surface area contributed by atoms with Gasteiger partial charge in [-0.05, 0) is 75.3 Å². The first-order valence-electron chi connectivity index (χ1n) is 9.86. The van der Waals surface area contributed by atoms with Crippen molar-refractivity contribution in [2.24, 2.45) is 16.1 Å². The minimum Gasteiger partial charge on any atom is -0.159 e. The van der Waals surface area contributed by atoms with Crippen LogP contribution in [-0.2, 0) is 5.41 Å². The van der Waals surface area contributed by atoms with E-state index in [1.165, 1.54) is 24.8 Å². The third-order valence-electron chi connectivity index (χ3n) is 5.89. The Morgan fingerprint density at radius 2 is 1.81 bits per heavy atom. The molecule has 0 atom stereocenters. The Labute approximate surface area is 168 Å². The van der Waals surface area contributed by atoms with Crippen LogP contribution in [0.1, 0.15) is 58.4 Å². The Kier molecular flexibility index (Phi) is 6.16. The molecule has 0 aromatic heterocycles. The molecular weight excluding hydrogens is 352 g/mol. The van der Waals surface area contributed by atoms with Crippen LogP contribution >= 0.6 is 11.6 Å². The maximum Gasteiger partial charge on any atom is 0.0730 e. The summed E-state index contributed by atoms with van der Waals surface area (Å²) >= 11 is 6.08. The van der Waals surface area contributed by atoms with Crippen molar-refractivity contribution >= 4 is 23.0 Å². The van der Waals surface area contributed by atoms with E-state index < -0.39 is 0 Å². The standard InChI is InChI=1S/C24H29ClN2/c1-5-6-8-17(2)18(3)23(20-9-10-20)27-26-19(4)24(15-7-16-24)21-11-13-22(25)14-12-21/h5-6,8,11-14,20H,3,7,9-10,15-16H2,1-2,4H3/b6-5-,17-8+,26-19+,27-23+. The SMILES string of the molecule is C=C(/C(=N\N=C(/C)C1(c2ccc(Cl)cc2)CCC1)C1CC1)/C(C)=C/C=C\C. The second kappa shape index (κ2) is 8.39. The van der Waals surface area contributed by atoms with Gasteiger partial charge in [0.2, 0.25) is 0 Å². The lowest BCUT2D eigenvalue weighted by atomic mass is 9.62. The van der Waals surface area contributed by atoms with Crippen LogP contribution < -0.4 is 0 Å². The summed E-state index contributed by atoms with van der Waals surface area (Å²) in [6.45, 7) is 10.5. The fraction of sp³-hybridized carbons (Fsp3) is 0.417. The lowest BCUT2D eigenvalue weighted by Crippen LogP contribution is -2.41. The molecule has 3 heteroatoms. The molecule has 2 saturated carbocycles. The smallest absolute Gasteiger partial charge is 0.0730 e. The normalized spacial score (nSPS) is 20.7. The fourth-order valence-electron chi connectivity index (χ4n) is 3.67. The Bertz CT molecular complexity index is 816. The van der Waals surface area contributed by atoms with Gasteiger partial charge in [0.15, 0.2) is 0 Å². The van der Waals surface area contributed by atoms with Gasteiger partial charge in [0.1, 0.15) is 0 Å². The van der Waals surface area contributed by atoms with Gasteiger partial charge in [-0.3, -0.25) is 0 Å². The predicted octanol–water partition coefficient (Wildman–Crippen LogP) is 7.07. The fourth-order valence-corrected chi connectivity index (χ4v) is 3.80. The topological polar surface area (TPSA) is 24.7 Å². The van der Waals surface area contributed by atoms with Crippen LogP contribution in [0, 0.1) is 5.92 Å². The van der Waals surface area contributed by atoms with Crippen molar-refractivity contribution in [2.45, 2.75) is 58.3 Å². The number of nitrogens with zero attached hydrogens (tertiary/aromatic N) is 2. The number of benzene rings is 1. The summed E-state index contributed by atoms with van der Waals surface area (Å²) in [5.41, 5.74) is 5.63. The predicted molar refractivity (Wildman–Crippen MR) is 118 cm³/mol. The van der Waals surface area contributed by atoms with Crippen LogP contribution in [0.2, 0.25) is 5.02 Å². The first kappa shape index (κ1) is 19.8. The Morgan fingerprint density at radius 3 is 2.33 bits per heavy atom. The van der Waals surface area contributed by atoms with E-state index in [0.717, 1.165) is 40.4 Å². The van der Waals surface area contributed by atoms with Crippen molar-refractivity contribution in [3.8, 4) is 0 Å². The molecule has 2 nitrogen and oxygen atoms in total. The summed E-state index contributed by atoms with van der Waals surface area (Å²) in [6.07, 6.45) is 12.0. The monoisotopic (exact) mass is 380 g/mol. The highest BCUT2D eigenvalue weighted by Crippen LogP contribution is 2.45. The molecule has 0 N–H and O–H groups in total. The highest BCUT2D eigenvalue weighted by Gasteiger charge is 2.41. The van der Waals surface area contributed by atoms with Crippen molar-refractivity contribution in [3.63, 3.8) is 0 Å². The maximum atomic E-state index is 6.08. The molecule has 1 aromatic carbocycles. The molecule has 2 aliphatic rings. The molecule has 142 valence electrons. The summed E-state index contributed by atoms with van der Waals surface area (Å²) in [5, 5.41) is 10.2. The molecule has 2 aliphatic carbocycles. The van der Waals surface area contributed by atoms with E-state index >= 15 is 0 Å². The maximum absolute atomic E-state index is 6.08. The Hall–Kier alpha value is -1.93. The van der Waals surface area contributed by atoms with E-state index in [4.69, 9.17) is 21.8 Å². The second-order valence-corrected chi connectivity index (χ2v) is 8.18. The molecule has 1 aromatic rings. The summed E-state index contributed by atoms with van der Waals surface area (Å²) in [5.74, 6) is 0.510. The van der Waals surface area contributed by atoms with Gasteiger partial charge in [0.25, 0.3) is 0 Å². The lowest BCUT2D eigenvalue weighted by molar-refractivity contribution is 0.338. The highest BCUT2D eigenvalue weighted by atomic mass is 35.5. The third-order valence-corrected chi connectivity index (χ3v) is 6.14. The zero-order valence-corrected chi connectivity index (χ0v) is 17.4. The van der Waals surface area contributed by atoms with Crippen molar-refractivity contribution in [3.05, 3.63) is 70.8 Å². The lowest BCUT2D eigenvalue weighted by Gasteiger charge is -2.42. The molecule has 3 rings (SSSR count). The van der Waals surface area contributed by atoms with Gasteiger partial charge in [-0.1, -0.05) is 55.0 Å². The molecule has 0 unspecified atom stereocenters. The van der Waals surface area contributed by atoms with E-state index in [2.05, 4.69) is 38.6 Å². The molecule has 27 heavy (non-hydrogen) atoms. The van der Waals surface area contributed by atoms with Crippen LogP contribution in [0.15, 0.2) is 70.4 Å². The second-order valence-electron chi connectivity index (χ2n) is 7.74. The summed E-state index contributed by atoms with van der Waals surface area (Å²) in [6, 6.07) is 8.21. The molecule has 0 spiro atoms. The average molecular weight is 381 g/mol. The van der Waals surface area contributed by atoms with Crippen molar-refractivity contribution in [1.29, 1.82) is 0 Å². The molecule has 0 heterocycles. The van der Waals surface area contributed by atoms with Crippen molar-refractivity contribution in [2.75, 3.05) is 0 Å². The van der Waals surface area contributed by atoms with Crippen LogP contribution in [0.3, 0.4) is 0 Å². The first-order chi connectivity index (χ1) is 13.0. The van der Waals surface area contributed by atoms with E-state index in [9.17, 15) is 0 Å². The quantitative estimate of drug-likeness (QED) is 0.274. The molecule has 0 bridgehead atoms. The molecule has 0 radical (unpaired) electrons. The highest BCUT2D eigenvalue weighted by molar-refractivity contribution is 6.30. The zero-order chi connectivity index (χ0) is 19.4. The van der Waals surface area contributed by atoms with Gasteiger partial charge in [-0.25, -0.2) is 0 Å². The minimum atomic E-state index is 0.0138. The molecule has 0 aliphatic heterocycles. The van der Waals surface area contributed by atoms with Gasteiger partial charge >= 0.3 is 0 Å². The average Bonchev–Trinajstić information content (AvgIpc) is 3.45. The largest absolute Gasteiger partial charge is 0.159 e. The third kappa shape index (κ3) is 4.32. The summed E-state index contributed by atoms with van der Waals surface area (Å²) in [4.78, 5) is 0. The van der Waals surface area contributed by atoms with Gasteiger partial charge in [0.05, 0.1) is 5.71 Å². The van der Waals surface area contributed by atoms with E-state index in [-0.39, 0.29) is 5.41 Å². The van der Waals surface area contributed by atoms with Gasteiger partial charge in [-0.2, -0.15) is 10.2 Å². The van der Waals surface area contributed by atoms with Crippen molar-refractivity contribution < 1.29 is 0 Å². The Balaban J connectivity index is 1.88. The Morgan fingerprint density at radius 1 is 1.15 bits per heavy atom. The first-order valence-corrected chi connectivity index (χ1v) is 10.2. The van der Waals surface area contributed by atoms with E-state index in [1.807, 2.05) is 31.2 Å². The number of halogens is 1. The summed E-state index contributed by atoms with van der Waals surface area (Å²) < 4.78 is 0. The van der Waals surface area contributed by atoms with Gasteiger partial charge in [0, 0.05) is 22.1 Å². The molecular formula is C24H29ClN2. The van der Waals surface area contributed by atoms with Crippen molar-refractivity contribution in [1.82, 2.24) is 0 Å².